The summed E-state index contributed by atoms with van der Waals surface area (Å²) in [7, 11) is 0. The summed E-state index contributed by atoms with van der Waals surface area (Å²) in [5.74, 6) is 0.457. The largest absolute Gasteiger partial charge is 0.440 e. The summed E-state index contributed by atoms with van der Waals surface area (Å²) in [6, 6.07) is 3.27. The van der Waals surface area contributed by atoms with Crippen molar-refractivity contribution in [3.8, 4) is 0 Å². The van der Waals surface area contributed by atoms with Crippen LogP contribution in [0.5, 0.6) is 0 Å². The van der Waals surface area contributed by atoms with E-state index in [0.29, 0.717) is 27.6 Å². The summed E-state index contributed by atoms with van der Waals surface area (Å²) in [5.41, 5.74) is 7.01. The molecule has 4 nitrogen and oxygen atoms in total. The third-order valence-corrected chi connectivity index (χ3v) is 2.07. The van der Waals surface area contributed by atoms with Gasteiger partial charge in [-0.3, -0.25) is 5.41 Å². The Balaban J connectivity index is 2.85. The SMILES string of the molecule is Cc1nc2cc(Cl)cc(C(=N)N)c2o1. The highest BCUT2D eigenvalue weighted by Crippen LogP contribution is 2.24. The zero-order chi connectivity index (χ0) is 10.3. The number of fused-ring (bicyclic) bond motifs is 1. The smallest absolute Gasteiger partial charge is 0.192 e. The summed E-state index contributed by atoms with van der Waals surface area (Å²) in [5, 5.41) is 7.85. The molecule has 0 aliphatic rings. The monoisotopic (exact) mass is 209 g/mol. The fourth-order valence-corrected chi connectivity index (χ4v) is 1.52. The molecule has 0 amide bonds. The first-order chi connectivity index (χ1) is 6.58. The van der Waals surface area contributed by atoms with Crippen LogP contribution in [0.15, 0.2) is 16.5 Å². The number of amidine groups is 1. The molecule has 0 radical (unpaired) electrons. The quantitative estimate of drug-likeness (QED) is 0.558. The van der Waals surface area contributed by atoms with Gasteiger partial charge in [-0.25, -0.2) is 4.98 Å². The number of nitrogen functional groups attached to an aromatic ring is 1. The molecule has 0 spiro atoms. The van der Waals surface area contributed by atoms with Crippen molar-refractivity contribution in [2.75, 3.05) is 0 Å². The first kappa shape index (κ1) is 9.02. The van der Waals surface area contributed by atoms with Crippen LogP contribution in [-0.2, 0) is 0 Å². The van der Waals surface area contributed by atoms with E-state index in [2.05, 4.69) is 4.98 Å². The number of halogens is 1. The maximum absolute atomic E-state index is 7.35. The highest BCUT2D eigenvalue weighted by molar-refractivity contribution is 6.32. The van der Waals surface area contributed by atoms with E-state index in [1.54, 1.807) is 19.1 Å². The number of rotatable bonds is 1. The third kappa shape index (κ3) is 1.33. The lowest BCUT2D eigenvalue weighted by molar-refractivity contribution is 0.560. The molecule has 0 aliphatic heterocycles. The molecule has 0 saturated carbocycles. The van der Waals surface area contributed by atoms with Crippen LogP contribution in [0.1, 0.15) is 11.5 Å². The molecule has 0 bridgehead atoms. The maximum atomic E-state index is 7.35. The number of aryl methyl sites for hydroxylation is 1. The standard InChI is InChI=1S/C9H8ClN3O/c1-4-13-7-3-5(10)2-6(9(11)12)8(7)14-4/h2-3H,1H3,(H3,11,12). The molecular formula is C9H8ClN3O. The Hall–Kier alpha value is -1.55. The van der Waals surface area contributed by atoms with Gasteiger partial charge >= 0.3 is 0 Å². The van der Waals surface area contributed by atoms with E-state index >= 15 is 0 Å². The van der Waals surface area contributed by atoms with E-state index in [1.807, 2.05) is 0 Å². The molecule has 0 saturated heterocycles. The van der Waals surface area contributed by atoms with Crippen molar-refractivity contribution >= 4 is 28.5 Å². The molecule has 1 aromatic heterocycles. The molecule has 14 heavy (non-hydrogen) atoms. The number of nitrogens with zero attached hydrogens (tertiary/aromatic N) is 1. The van der Waals surface area contributed by atoms with Gasteiger partial charge in [0.05, 0.1) is 5.56 Å². The highest BCUT2D eigenvalue weighted by Gasteiger charge is 2.11. The van der Waals surface area contributed by atoms with Gasteiger partial charge in [0, 0.05) is 11.9 Å². The van der Waals surface area contributed by atoms with Crippen LogP contribution in [0.3, 0.4) is 0 Å². The van der Waals surface area contributed by atoms with Gasteiger partial charge in [-0.1, -0.05) is 11.6 Å². The summed E-state index contributed by atoms with van der Waals surface area (Å²) in [6.07, 6.45) is 0. The number of nitrogens with two attached hydrogens (primary N) is 1. The normalized spacial score (nSPS) is 10.7. The van der Waals surface area contributed by atoms with E-state index < -0.39 is 0 Å². The Morgan fingerprint density at radius 1 is 1.57 bits per heavy atom. The van der Waals surface area contributed by atoms with Crippen LogP contribution in [0, 0.1) is 12.3 Å². The summed E-state index contributed by atoms with van der Waals surface area (Å²) >= 11 is 5.84. The Kier molecular flexibility index (Phi) is 1.93. The Morgan fingerprint density at radius 2 is 2.29 bits per heavy atom. The van der Waals surface area contributed by atoms with Crippen molar-refractivity contribution in [1.29, 1.82) is 5.41 Å². The van der Waals surface area contributed by atoms with Crippen LogP contribution in [-0.4, -0.2) is 10.8 Å². The minimum atomic E-state index is -0.0753. The van der Waals surface area contributed by atoms with Gasteiger partial charge in [0.15, 0.2) is 11.5 Å². The minimum Gasteiger partial charge on any atom is -0.440 e. The number of nitrogens with one attached hydrogen (secondary N) is 1. The highest BCUT2D eigenvalue weighted by atomic mass is 35.5. The van der Waals surface area contributed by atoms with Gasteiger partial charge in [-0.2, -0.15) is 0 Å². The van der Waals surface area contributed by atoms with E-state index in [-0.39, 0.29) is 5.84 Å². The predicted molar refractivity (Wildman–Crippen MR) is 54.8 cm³/mol. The second kappa shape index (κ2) is 2.99. The lowest BCUT2D eigenvalue weighted by atomic mass is 10.2. The number of oxazole rings is 1. The van der Waals surface area contributed by atoms with Gasteiger partial charge in [0.2, 0.25) is 0 Å². The molecule has 1 heterocycles. The van der Waals surface area contributed by atoms with E-state index in [0.717, 1.165) is 0 Å². The Labute approximate surface area is 85.2 Å². The average molecular weight is 210 g/mol. The second-order valence-electron chi connectivity index (χ2n) is 2.95. The lowest BCUT2D eigenvalue weighted by Gasteiger charge is -1.98. The molecule has 0 aliphatic carbocycles. The number of benzene rings is 1. The van der Waals surface area contributed by atoms with E-state index in [9.17, 15) is 0 Å². The zero-order valence-electron chi connectivity index (χ0n) is 7.47. The van der Waals surface area contributed by atoms with Gasteiger partial charge in [0.25, 0.3) is 0 Å². The lowest BCUT2D eigenvalue weighted by Crippen LogP contribution is -2.11. The van der Waals surface area contributed by atoms with Crippen molar-refractivity contribution in [2.45, 2.75) is 6.92 Å². The number of hydrogen-bond donors (Lipinski definition) is 2. The number of aromatic nitrogens is 1. The van der Waals surface area contributed by atoms with Gasteiger partial charge in [-0.05, 0) is 12.1 Å². The van der Waals surface area contributed by atoms with Crippen molar-refractivity contribution in [1.82, 2.24) is 4.98 Å². The van der Waals surface area contributed by atoms with Crippen LogP contribution in [0.2, 0.25) is 5.02 Å². The molecular weight excluding hydrogens is 202 g/mol. The molecule has 0 fully saturated rings. The van der Waals surface area contributed by atoms with Crippen molar-refractivity contribution in [3.63, 3.8) is 0 Å². The maximum Gasteiger partial charge on any atom is 0.192 e. The molecule has 3 N–H and O–H groups in total. The second-order valence-corrected chi connectivity index (χ2v) is 3.38. The van der Waals surface area contributed by atoms with Crippen LogP contribution >= 0.6 is 11.6 Å². The van der Waals surface area contributed by atoms with Gasteiger partial charge < -0.3 is 10.2 Å². The third-order valence-electron chi connectivity index (χ3n) is 1.85. The predicted octanol–water partition coefficient (Wildman–Crippen LogP) is 2.07. The minimum absolute atomic E-state index is 0.0753. The zero-order valence-corrected chi connectivity index (χ0v) is 8.22. The van der Waals surface area contributed by atoms with Crippen LogP contribution < -0.4 is 5.73 Å². The molecule has 2 aromatic rings. The Bertz CT molecular complexity index is 518. The molecule has 1 aromatic carbocycles. The van der Waals surface area contributed by atoms with E-state index in [1.165, 1.54) is 0 Å². The van der Waals surface area contributed by atoms with Gasteiger partial charge in [-0.15, -0.1) is 0 Å². The topological polar surface area (TPSA) is 75.9 Å². The summed E-state index contributed by atoms with van der Waals surface area (Å²) in [6.45, 7) is 1.73. The Morgan fingerprint density at radius 3 is 2.93 bits per heavy atom. The average Bonchev–Trinajstić information content (AvgIpc) is 2.42. The van der Waals surface area contributed by atoms with Crippen LogP contribution in [0.4, 0.5) is 0 Å². The molecule has 2 rings (SSSR count). The van der Waals surface area contributed by atoms with Crippen molar-refractivity contribution in [2.24, 2.45) is 5.73 Å². The van der Waals surface area contributed by atoms with Crippen LogP contribution in [0.25, 0.3) is 11.1 Å². The fraction of sp³-hybridized carbons (Fsp3) is 0.111. The molecule has 0 unspecified atom stereocenters. The molecule has 72 valence electrons. The van der Waals surface area contributed by atoms with Crippen molar-refractivity contribution < 1.29 is 4.42 Å². The summed E-state index contributed by atoms with van der Waals surface area (Å²) in [4.78, 5) is 4.11. The van der Waals surface area contributed by atoms with Gasteiger partial charge in [0.1, 0.15) is 11.4 Å². The van der Waals surface area contributed by atoms with E-state index in [4.69, 9.17) is 27.2 Å². The number of hydrogen-bond acceptors (Lipinski definition) is 3. The fourth-order valence-electron chi connectivity index (χ4n) is 1.31. The molecule has 5 heteroatoms. The summed E-state index contributed by atoms with van der Waals surface area (Å²) < 4.78 is 5.32. The first-order valence-corrected chi connectivity index (χ1v) is 4.37. The van der Waals surface area contributed by atoms with Crippen molar-refractivity contribution in [3.05, 3.63) is 28.6 Å². The molecule has 0 atom stereocenters. The first-order valence-electron chi connectivity index (χ1n) is 3.99.